The monoisotopic (exact) mass is 399 g/mol. The number of nitrogens with zero attached hydrogens (tertiary/aromatic N) is 1. The Bertz CT molecular complexity index is 898. The number of aromatic nitrogens is 1. The zero-order valence-corrected chi connectivity index (χ0v) is 16.7. The molecule has 0 bridgehead atoms. The Morgan fingerprint density at radius 1 is 1.34 bits per heavy atom. The summed E-state index contributed by atoms with van der Waals surface area (Å²) in [5, 5.41) is 9.46. The van der Waals surface area contributed by atoms with E-state index in [1.165, 1.54) is 13.2 Å². The quantitative estimate of drug-likeness (QED) is 0.666. The highest BCUT2D eigenvalue weighted by molar-refractivity contribution is 5.71. The topological polar surface area (TPSA) is 68.7 Å². The highest BCUT2D eigenvalue weighted by Crippen LogP contribution is 2.49. The summed E-state index contributed by atoms with van der Waals surface area (Å²) in [6, 6.07) is 9.31. The zero-order valence-electron chi connectivity index (χ0n) is 16.7. The van der Waals surface area contributed by atoms with Gasteiger partial charge in [-0.3, -0.25) is 4.79 Å². The Kier molecular flexibility index (Phi) is 5.43. The highest BCUT2D eigenvalue weighted by atomic mass is 19.1. The Labute approximate surface area is 169 Å². The molecule has 1 N–H and O–H groups in total. The smallest absolute Gasteiger partial charge is 0.306 e. The number of hydrogen-bond donors (Lipinski definition) is 1. The van der Waals surface area contributed by atoms with Gasteiger partial charge in [-0.2, -0.15) is 0 Å². The van der Waals surface area contributed by atoms with E-state index in [1.54, 1.807) is 13.1 Å². The van der Waals surface area contributed by atoms with Crippen LogP contribution in [-0.4, -0.2) is 29.8 Å². The summed E-state index contributed by atoms with van der Waals surface area (Å²) >= 11 is 0. The molecule has 6 heteroatoms. The molecule has 2 fully saturated rings. The van der Waals surface area contributed by atoms with Gasteiger partial charge in [-0.25, -0.2) is 9.37 Å². The first-order valence-electron chi connectivity index (χ1n) is 10.1. The number of halogens is 1. The van der Waals surface area contributed by atoms with Crippen molar-refractivity contribution in [2.24, 2.45) is 17.8 Å². The van der Waals surface area contributed by atoms with Gasteiger partial charge in [0.15, 0.2) is 5.82 Å². The number of ether oxygens (including phenoxy) is 2. The van der Waals surface area contributed by atoms with Gasteiger partial charge in [-0.15, -0.1) is 0 Å². The Morgan fingerprint density at radius 3 is 2.79 bits per heavy atom. The molecule has 0 amide bonds. The second kappa shape index (κ2) is 8.01. The van der Waals surface area contributed by atoms with Crippen molar-refractivity contribution in [3.05, 3.63) is 53.5 Å². The van der Waals surface area contributed by atoms with Crippen molar-refractivity contribution in [3.63, 3.8) is 0 Å². The fraction of sp³-hybridized carbons (Fsp3) is 0.478. The number of carbonyl (C=O) groups is 1. The molecule has 0 spiro atoms. The maximum absolute atomic E-state index is 13.9. The molecule has 4 rings (SSSR count). The van der Waals surface area contributed by atoms with E-state index in [0.29, 0.717) is 18.4 Å². The lowest BCUT2D eigenvalue weighted by atomic mass is 9.83. The average molecular weight is 399 g/mol. The first-order chi connectivity index (χ1) is 14.0. The molecule has 1 aromatic carbocycles. The van der Waals surface area contributed by atoms with Gasteiger partial charge in [0, 0.05) is 12.1 Å². The molecule has 0 radical (unpaired) electrons. The predicted molar refractivity (Wildman–Crippen MR) is 106 cm³/mol. The summed E-state index contributed by atoms with van der Waals surface area (Å²) in [5.41, 5.74) is 1.91. The third-order valence-corrected chi connectivity index (χ3v) is 6.14. The van der Waals surface area contributed by atoms with Crippen LogP contribution in [0.25, 0.3) is 0 Å². The number of carboxylic acid groups (broad SMARTS) is 1. The molecule has 2 aliphatic rings. The van der Waals surface area contributed by atoms with Crippen molar-refractivity contribution in [2.75, 3.05) is 13.7 Å². The molecule has 1 unspecified atom stereocenters. The van der Waals surface area contributed by atoms with E-state index in [-0.39, 0.29) is 17.7 Å². The molecule has 1 heterocycles. The largest absolute Gasteiger partial charge is 0.493 e. The summed E-state index contributed by atoms with van der Waals surface area (Å²) in [5.74, 6) is 0.207. The summed E-state index contributed by atoms with van der Waals surface area (Å²) in [7, 11) is 1.40. The van der Waals surface area contributed by atoms with Crippen LogP contribution in [0.5, 0.6) is 11.6 Å². The average Bonchev–Trinajstić information content (AvgIpc) is 3.62. The van der Waals surface area contributed by atoms with Crippen LogP contribution in [0.2, 0.25) is 0 Å². The Balaban J connectivity index is 1.38. The van der Waals surface area contributed by atoms with Gasteiger partial charge in [0.05, 0.1) is 19.6 Å². The molecule has 5 nitrogen and oxygen atoms in total. The lowest BCUT2D eigenvalue weighted by Crippen LogP contribution is -2.20. The number of benzene rings is 1. The van der Waals surface area contributed by atoms with Crippen LogP contribution in [0, 0.1) is 23.6 Å². The van der Waals surface area contributed by atoms with E-state index in [0.717, 1.165) is 36.1 Å². The number of methoxy groups -OCH3 is 1. The predicted octanol–water partition coefficient (Wildman–Crippen LogP) is 4.63. The molecular formula is C23H26FNO4. The second-order valence-corrected chi connectivity index (χ2v) is 8.24. The first-order valence-corrected chi connectivity index (χ1v) is 10.1. The number of pyridine rings is 1. The van der Waals surface area contributed by atoms with Crippen molar-refractivity contribution in [3.8, 4) is 11.6 Å². The van der Waals surface area contributed by atoms with Gasteiger partial charge >= 0.3 is 5.97 Å². The van der Waals surface area contributed by atoms with E-state index >= 15 is 0 Å². The Hall–Kier alpha value is -2.63. The Morgan fingerprint density at radius 2 is 2.14 bits per heavy atom. The molecule has 0 aliphatic heterocycles. The van der Waals surface area contributed by atoms with E-state index < -0.39 is 17.7 Å². The standard InChI is InChI=1S/C23H26FNO4/c1-13(23(26)27)21(14-6-7-14)15-4-3-5-18(8-15)29-12-17-9-19(17)16-10-20(24)22(28-2)25-11-16/h3-5,8,10-11,13-14,17,19,21H,6-7,9,12H2,1-2H3,(H,26,27)/t13-,17+,19+,21?/m0/s1. The summed E-state index contributed by atoms with van der Waals surface area (Å²) < 4.78 is 24.7. The number of aliphatic carboxylic acids is 1. The molecule has 2 aliphatic carbocycles. The van der Waals surface area contributed by atoms with E-state index in [4.69, 9.17) is 9.47 Å². The molecule has 2 aromatic rings. The van der Waals surface area contributed by atoms with Crippen LogP contribution >= 0.6 is 0 Å². The van der Waals surface area contributed by atoms with Gasteiger partial charge in [-0.05, 0) is 66.3 Å². The molecule has 4 atom stereocenters. The summed E-state index contributed by atoms with van der Waals surface area (Å²) in [4.78, 5) is 15.5. The van der Waals surface area contributed by atoms with Crippen molar-refractivity contribution < 1.29 is 23.8 Å². The SMILES string of the molecule is COc1ncc([C@H]2C[C@@H]2COc2cccc(C(C3CC3)[C@H](C)C(=O)O)c2)cc1F. The first kappa shape index (κ1) is 19.7. The fourth-order valence-electron chi connectivity index (χ4n) is 4.23. The van der Waals surface area contributed by atoms with Crippen LogP contribution < -0.4 is 9.47 Å². The van der Waals surface area contributed by atoms with Gasteiger partial charge in [0.1, 0.15) is 5.75 Å². The van der Waals surface area contributed by atoms with Gasteiger partial charge in [0.2, 0.25) is 5.88 Å². The minimum atomic E-state index is -0.755. The van der Waals surface area contributed by atoms with Crippen LogP contribution in [0.4, 0.5) is 4.39 Å². The highest BCUT2D eigenvalue weighted by Gasteiger charge is 2.40. The van der Waals surface area contributed by atoms with Crippen molar-refractivity contribution in [1.29, 1.82) is 0 Å². The molecule has 2 saturated carbocycles. The lowest BCUT2D eigenvalue weighted by molar-refractivity contribution is -0.142. The van der Waals surface area contributed by atoms with Crippen LogP contribution in [-0.2, 0) is 4.79 Å². The van der Waals surface area contributed by atoms with Gasteiger partial charge in [-0.1, -0.05) is 19.1 Å². The lowest BCUT2D eigenvalue weighted by Gasteiger charge is -2.21. The van der Waals surface area contributed by atoms with E-state index in [9.17, 15) is 14.3 Å². The van der Waals surface area contributed by atoms with E-state index in [2.05, 4.69) is 4.98 Å². The maximum atomic E-state index is 13.9. The number of rotatable bonds is 9. The second-order valence-electron chi connectivity index (χ2n) is 8.24. The van der Waals surface area contributed by atoms with Crippen molar-refractivity contribution in [2.45, 2.75) is 38.0 Å². The van der Waals surface area contributed by atoms with E-state index in [1.807, 2.05) is 24.3 Å². The zero-order chi connectivity index (χ0) is 20.5. The molecule has 0 saturated heterocycles. The van der Waals surface area contributed by atoms with Crippen molar-refractivity contribution >= 4 is 5.97 Å². The third kappa shape index (κ3) is 4.36. The van der Waals surface area contributed by atoms with Gasteiger partial charge in [0.25, 0.3) is 0 Å². The normalized spacial score (nSPS) is 22.6. The third-order valence-electron chi connectivity index (χ3n) is 6.14. The van der Waals surface area contributed by atoms with Crippen LogP contribution in [0.1, 0.15) is 49.1 Å². The van der Waals surface area contributed by atoms with Crippen molar-refractivity contribution in [1.82, 2.24) is 4.98 Å². The van der Waals surface area contributed by atoms with Crippen LogP contribution in [0.15, 0.2) is 36.5 Å². The molecular weight excluding hydrogens is 373 g/mol. The fourth-order valence-corrected chi connectivity index (χ4v) is 4.23. The minimum absolute atomic E-state index is 0.0137. The molecule has 154 valence electrons. The van der Waals surface area contributed by atoms with Crippen LogP contribution in [0.3, 0.4) is 0 Å². The van der Waals surface area contributed by atoms with Gasteiger partial charge < -0.3 is 14.6 Å². The number of carboxylic acids is 1. The summed E-state index contributed by atoms with van der Waals surface area (Å²) in [6.45, 7) is 2.33. The minimum Gasteiger partial charge on any atom is -0.493 e. The molecule has 29 heavy (non-hydrogen) atoms. The maximum Gasteiger partial charge on any atom is 0.306 e. The number of hydrogen-bond acceptors (Lipinski definition) is 4. The summed E-state index contributed by atoms with van der Waals surface area (Å²) in [6.07, 6.45) is 4.78. The molecule has 1 aromatic heterocycles.